The summed E-state index contributed by atoms with van der Waals surface area (Å²) in [6.45, 7) is 5.63. The maximum absolute atomic E-state index is 13.3. The van der Waals surface area contributed by atoms with Gasteiger partial charge in [0, 0.05) is 45.1 Å². The molecule has 0 spiro atoms. The van der Waals surface area contributed by atoms with Crippen molar-refractivity contribution in [3.05, 3.63) is 34.6 Å². The third kappa shape index (κ3) is 3.58. The molecule has 0 atom stereocenters. The zero-order valence-corrected chi connectivity index (χ0v) is 11.7. The van der Waals surface area contributed by atoms with Crippen molar-refractivity contribution in [3.8, 4) is 0 Å². The van der Waals surface area contributed by atoms with Crippen LogP contribution in [0.1, 0.15) is 5.56 Å². The highest BCUT2D eigenvalue weighted by Crippen LogP contribution is 2.21. The Balaban J connectivity index is 1.90. The van der Waals surface area contributed by atoms with Crippen LogP contribution in [0.15, 0.2) is 18.2 Å². The van der Waals surface area contributed by atoms with Gasteiger partial charge in [-0.1, -0.05) is 23.7 Å². The van der Waals surface area contributed by atoms with E-state index >= 15 is 0 Å². The Morgan fingerprint density at radius 2 is 1.78 bits per heavy atom. The highest BCUT2D eigenvalue weighted by molar-refractivity contribution is 6.31. The van der Waals surface area contributed by atoms with Crippen molar-refractivity contribution in [2.75, 3.05) is 38.6 Å². The van der Waals surface area contributed by atoms with Crippen molar-refractivity contribution in [1.29, 1.82) is 0 Å². The minimum Gasteiger partial charge on any atom is -0.300 e. The van der Waals surface area contributed by atoms with E-state index in [4.69, 9.17) is 23.2 Å². The summed E-state index contributed by atoms with van der Waals surface area (Å²) in [5.74, 6) is 0.338. The monoisotopic (exact) mass is 290 g/mol. The third-order valence-corrected chi connectivity index (χ3v) is 3.88. The number of halogens is 3. The van der Waals surface area contributed by atoms with E-state index in [-0.39, 0.29) is 10.8 Å². The summed E-state index contributed by atoms with van der Waals surface area (Å²) in [4.78, 5) is 4.64. The zero-order valence-electron chi connectivity index (χ0n) is 10.2. The molecule has 0 aromatic heterocycles. The molecule has 1 fully saturated rings. The predicted molar refractivity (Wildman–Crippen MR) is 73.8 cm³/mol. The van der Waals surface area contributed by atoms with Crippen molar-refractivity contribution >= 4 is 23.2 Å². The lowest BCUT2D eigenvalue weighted by Gasteiger charge is -2.34. The minimum absolute atomic E-state index is 0.251. The van der Waals surface area contributed by atoms with Gasteiger partial charge in [0.05, 0.1) is 5.02 Å². The van der Waals surface area contributed by atoms with E-state index in [9.17, 15) is 4.39 Å². The lowest BCUT2D eigenvalue weighted by Crippen LogP contribution is -2.46. The van der Waals surface area contributed by atoms with Gasteiger partial charge in [-0.15, -0.1) is 11.6 Å². The van der Waals surface area contributed by atoms with Gasteiger partial charge in [-0.2, -0.15) is 0 Å². The highest BCUT2D eigenvalue weighted by atomic mass is 35.5. The van der Waals surface area contributed by atoms with Crippen LogP contribution in [0.5, 0.6) is 0 Å². The van der Waals surface area contributed by atoms with Gasteiger partial charge in [0.25, 0.3) is 0 Å². The second kappa shape index (κ2) is 6.71. The summed E-state index contributed by atoms with van der Waals surface area (Å²) in [5, 5.41) is 0.251. The molecule has 1 aliphatic heterocycles. The lowest BCUT2D eigenvalue weighted by atomic mass is 10.2. The van der Waals surface area contributed by atoms with E-state index in [1.807, 2.05) is 6.07 Å². The first kappa shape index (κ1) is 14.1. The van der Waals surface area contributed by atoms with Gasteiger partial charge in [-0.3, -0.25) is 9.80 Å². The molecule has 1 heterocycles. The Hall–Kier alpha value is -0.350. The van der Waals surface area contributed by atoms with E-state index in [0.29, 0.717) is 12.4 Å². The van der Waals surface area contributed by atoms with Gasteiger partial charge in [0.2, 0.25) is 0 Å². The Morgan fingerprint density at radius 3 is 2.44 bits per heavy atom. The Labute approximate surface area is 117 Å². The van der Waals surface area contributed by atoms with E-state index in [0.717, 1.165) is 38.3 Å². The van der Waals surface area contributed by atoms with Gasteiger partial charge in [0.15, 0.2) is 0 Å². The summed E-state index contributed by atoms with van der Waals surface area (Å²) in [6, 6.07) is 4.99. The molecule has 1 saturated heterocycles. The quantitative estimate of drug-likeness (QED) is 0.787. The van der Waals surface area contributed by atoms with E-state index in [1.165, 1.54) is 6.07 Å². The first-order chi connectivity index (χ1) is 8.70. The predicted octanol–water partition coefficient (Wildman–Crippen LogP) is 2.84. The number of benzene rings is 1. The number of alkyl halides is 1. The van der Waals surface area contributed by atoms with E-state index in [2.05, 4.69) is 9.80 Å². The Morgan fingerprint density at radius 1 is 1.11 bits per heavy atom. The van der Waals surface area contributed by atoms with Crippen molar-refractivity contribution < 1.29 is 4.39 Å². The van der Waals surface area contributed by atoms with Crippen LogP contribution >= 0.6 is 23.2 Å². The zero-order chi connectivity index (χ0) is 13.0. The van der Waals surface area contributed by atoms with Crippen LogP contribution in [-0.2, 0) is 6.54 Å². The van der Waals surface area contributed by atoms with E-state index < -0.39 is 0 Å². The Kier molecular flexibility index (Phi) is 5.25. The molecule has 2 nitrogen and oxygen atoms in total. The molecule has 0 saturated carbocycles. The molecule has 0 radical (unpaired) electrons. The van der Waals surface area contributed by atoms with Crippen LogP contribution in [-0.4, -0.2) is 48.4 Å². The van der Waals surface area contributed by atoms with Crippen LogP contribution in [0.3, 0.4) is 0 Å². The average Bonchev–Trinajstić information content (AvgIpc) is 2.38. The number of hydrogen-bond acceptors (Lipinski definition) is 2. The smallest absolute Gasteiger partial charge is 0.142 e. The molecule has 0 amide bonds. The maximum Gasteiger partial charge on any atom is 0.142 e. The number of hydrogen-bond donors (Lipinski definition) is 0. The molecule has 1 aromatic rings. The minimum atomic E-state index is -0.338. The van der Waals surface area contributed by atoms with Crippen molar-refractivity contribution in [2.45, 2.75) is 6.54 Å². The van der Waals surface area contributed by atoms with Crippen molar-refractivity contribution in [2.24, 2.45) is 0 Å². The lowest BCUT2D eigenvalue weighted by molar-refractivity contribution is 0.132. The van der Waals surface area contributed by atoms with E-state index in [1.54, 1.807) is 6.07 Å². The normalized spacial score (nSPS) is 18.2. The van der Waals surface area contributed by atoms with Crippen LogP contribution in [0.4, 0.5) is 4.39 Å². The largest absolute Gasteiger partial charge is 0.300 e. The summed E-state index contributed by atoms with van der Waals surface area (Å²) in [6.07, 6.45) is 0. The van der Waals surface area contributed by atoms with Gasteiger partial charge >= 0.3 is 0 Å². The molecule has 5 heteroatoms. The fourth-order valence-corrected chi connectivity index (χ4v) is 2.63. The third-order valence-electron chi connectivity index (χ3n) is 3.29. The first-order valence-corrected chi connectivity index (χ1v) is 7.05. The molecule has 1 aliphatic rings. The molecule has 0 unspecified atom stereocenters. The molecular weight excluding hydrogens is 274 g/mol. The fraction of sp³-hybridized carbons (Fsp3) is 0.538. The molecule has 0 bridgehead atoms. The van der Waals surface area contributed by atoms with Gasteiger partial charge in [-0.25, -0.2) is 4.39 Å². The molecule has 2 rings (SSSR count). The second-order valence-corrected chi connectivity index (χ2v) is 5.28. The molecule has 0 aliphatic carbocycles. The number of rotatable bonds is 4. The number of piperazine rings is 1. The molecule has 18 heavy (non-hydrogen) atoms. The van der Waals surface area contributed by atoms with Crippen molar-refractivity contribution in [3.63, 3.8) is 0 Å². The summed E-state index contributed by atoms with van der Waals surface area (Å²) in [5.41, 5.74) is 0.863. The van der Waals surface area contributed by atoms with Crippen LogP contribution < -0.4 is 0 Å². The second-order valence-electron chi connectivity index (χ2n) is 4.52. The Bertz CT molecular complexity index is 393. The number of nitrogens with zero attached hydrogens (tertiary/aromatic N) is 2. The van der Waals surface area contributed by atoms with Crippen molar-refractivity contribution in [1.82, 2.24) is 9.80 Å². The summed E-state index contributed by atoms with van der Waals surface area (Å²) < 4.78 is 13.3. The summed E-state index contributed by atoms with van der Waals surface area (Å²) in [7, 11) is 0. The van der Waals surface area contributed by atoms with Gasteiger partial charge in [-0.05, 0) is 11.6 Å². The highest BCUT2D eigenvalue weighted by Gasteiger charge is 2.17. The molecule has 0 N–H and O–H groups in total. The average molecular weight is 291 g/mol. The topological polar surface area (TPSA) is 6.48 Å². The summed E-state index contributed by atoms with van der Waals surface area (Å²) >= 11 is 11.7. The van der Waals surface area contributed by atoms with Crippen LogP contribution in [0, 0.1) is 5.82 Å². The van der Waals surface area contributed by atoms with Crippen LogP contribution in [0.25, 0.3) is 0 Å². The van der Waals surface area contributed by atoms with Crippen LogP contribution in [0.2, 0.25) is 5.02 Å². The first-order valence-electron chi connectivity index (χ1n) is 6.14. The van der Waals surface area contributed by atoms with Gasteiger partial charge in [0.1, 0.15) is 5.82 Å². The molecule has 100 valence electrons. The SMILES string of the molecule is Fc1cccc(CN2CCN(CCCl)CC2)c1Cl. The fourth-order valence-electron chi connectivity index (χ4n) is 2.20. The standard InChI is InChI=1S/C13H17Cl2FN2/c14-4-5-17-6-8-18(9-7-17)10-11-2-1-3-12(16)13(11)15/h1-3H,4-10H2. The maximum atomic E-state index is 13.3. The van der Waals surface area contributed by atoms with Gasteiger partial charge < -0.3 is 0 Å². The molecular formula is C13H17Cl2FN2. The molecule has 1 aromatic carbocycles.